The number of likely N-dealkylation sites (tertiary alicyclic amines) is 1. The zero-order chi connectivity index (χ0) is 16.6. The van der Waals surface area contributed by atoms with Crippen LogP contribution in [0.3, 0.4) is 0 Å². The van der Waals surface area contributed by atoms with E-state index in [9.17, 15) is 14.7 Å². The summed E-state index contributed by atoms with van der Waals surface area (Å²) in [4.78, 5) is 25.6. The molecule has 0 bridgehead atoms. The van der Waals surface area contributed by atoms with Crippen molar-refractivity contribution >= 4 is 11.9 Å². The number of carbonyl (C=O) groups is 2. The first-order valence-corrected chi connectivity index (χ1v) is 7.44. The number of fused-ring (bicyclic) bond motifs is 1. The molecule has 7 nitrogen and oxygen atoms in total. The zero-order valence-electron chi connectivity index (χ0n) is 13.2. The monoisotopic (exact) mass is 320 g/mol. The van der Waals surface area contributed by atoms with Crippen molar-refractivity contribution in [3.8, 4) is 11.5 Å². The molecule has 124 valence electrons. The number of nitrogens with zero attached hydrogens (tertiary/aromatic N) is 1. The molecular weight excluding hydrogens is 300 g/mol. The van der Waals surface area contributed by atoms with Crippen molar-refractivity contribution in [1.29, 1.82) is 0 Å². The summed E-state index contributed by atoms with van der Waals surface area (Å²) in [5.74, 6) is -0.274. The Morgan fingerprint density at radius 3 is 2.74 bits per heavy atom. The minimum absolute atomic E-state index is 0.165. The maximum absolute atomic E-state index is 11.9. The molecule has 2 atom stereocenters. The Morgan fingerprint density at radius 2 is 2.13 bits per heavy atom. The van der Waals surface area contributed by atoms with E-state index in [1.165, 1.54) is 0 Å². The average Bonchev–Trinajstić information content (AvgIpc) is 3.05. The van der Waals surface area contributed by atoms with E-state index in [-0.39, 0.29) is 12.5 Å². The number of benzene rings is 1. The van der Waals surface area contributed by atoms with Crippen LogP contribution < -0.4 is 14.8 Å². The Kier molecular flexibility index (Phi) is 3.89. The summed E-state index contributed by atoms with van der Waals surface area (Å²) in [5.41, 5.74) is -0.0169. The summed E-state index contributed by atoms with van der Waals surface area (Å²) in [7, 11) is 3.15. The van der Waals surface area contributed by atoms with Gasteiger partial charge in [0, 0.05) is 26.2 Å². The lowest BCUT2D eigenvalue weighted by atomic mass is 9.81. The van der Waals surface area contributed by atoms with Gasteiger partial charge in [0.15, 0.2) is 11.5 Å². The summed E-state index contributed by atoms with van der Waals surface area (Å²) in [6.45, 7) is 1.58. The topological polar surface area (TPSA) is 88.1 Å². The molecule has 0 saturated carbocycles. The average molecular weight is 320 g/mol. The van der Waals surface area contributed by atoms with Crippen molar-refractivity contribution in [3.05, 3.63) is 23.8 Å². The van der Waals surface area contributed by atoms with E-state index in [1.807, 2.05) is 23.1 Å². The van der Waals surface area contributed by atoms with E-state index < -0.39 is 17.3 Å². The van der Waals surface area contributed by atoms with Crippen molar-refractivity contribution in [2.45, 2.75) is 6.54 Å². The molecule has 2 aliphatic rings. The highest BCUT2D eigenvalue weighted by Crippen LogP contribution is 2.40. The van der Waals surface area contributed by atoms with E-state index in [0.717, 1.165) is 5.56 Å². The third kappa shape index (κ3) is 2.50. The third-order valence-corrected chi connectivity index (χ3v) is 4.79. The van der Waals surface area contributed by atoms with Gasteiger partial charge >= 0.3 is 5.97 Å². The van der Waals surface area contributed by atoms with Crippen LogP contribution in [0.25, 0.3) is 0 Å². The Labute approximate surface area is 134 Å². The smallest absolute Gasteiger partial charge is 0.313 e. The Hall–Kier alpha value is -2.28. The molecule has 2 aliphatic heterocycles. The predicted molar refractivity (Wildman–Crippen MR) is 81.4 cm³/mol. The number of hydrogen-bond donors (Lipinski definition) is 2. The van der Waals surface area contributed by atoms with E-state index in [1.54, 1.807) is 14.2 Å². The highest BCUT2D eigenvalue weighted by molar-refractivity contribution is 5.92. The second-order valence-corrected chi connectivity index (χ2v) is 6.09. The predicted octanol–water partition coefficient (Wildman–Crippen LogP) is 0.336. The lowest BCUT2D eigenvalue weighted by molar-refractivity contribution is -0.149. The molecule has 1 amide bonds. The van der Waals surface area contributed by atoms with Crippen LogP contribution >= 0.6 is 0 Å². The number of carboxylic acids is 1. The minimum atomic E-state index is -1.01. The first-order chi connectivity index (χ1) is 11.0. The van der Waals surface area contributed by atoms with Crippen LogP contribution in [0.15, 0.2) is 18.2 Å². The van der Waals surface area contributed by atoms with Gasteiger partial charge in [-0.15, -0.1) is 0 Å². The molecule has 0 unspecified atom stereocenters. The maximum Gasteiger partial charge on any atom is 0.313 e. The standard InChI is InChI=1S/C16H20N2O5/c1-22-12-4-3-10(5-13(12)23-2)6-18-7-11-14(19)17-8-16(11,9-18)15(20)21/h3-5,11H,6-9H2,1-2H3,(H,17,19)(H,20,21)/t11-,16+/m1/s1. The number of rotatable bonds is 5. The summed E-state index contributed by atoms with van der Waals surface area (Å²) >= 11 is 0. The van der Waals surface area contributed by atoms with Crippen molar-refractivity contribution in [3.63, 3.8) is 0 Å². The molecule has 1 aromatic rings. The van der Waals surface area contributed by atoms with Crippen LogP contribution in [0, 0.1) is 11.3 Å². The summed E-state index contributed by atoms with van der Waals surface area (Å²) in [6.07, 6.45) is 0. The van der Waals surface area contributed by atoms with E-state index in [2.05, 4.69) is 5.32 Å². The molecule has 0 aliphatic carbocycles. The van der Waals surface area contributed by atoms with Crippen LogP contribution in [0.1, 0.15) is 5.56 Å². The van der Waals surface area contributed by atoms with Gasteiger partial charge in [0.1, 0.15) is 5.41 Å². The number of nitrogens with one attached hydrogen (secondary N) is 1. The molecule has 2 heterocycles. The molecule has 2 fully saturated rings. The third-order valence-electron chi connectivity index (χ3n) is 4.79. The van der Waals surface area contributed by atoms with Crippen LogP contribution in [0.5, 0.6) is 11.5 Å². The van der Waals surface area contributed by atoms with Crippen LogP contribution in [-0.4, -0.2) is 55.7 Å². The van der Waals surface area contributed by atoms with Gasteiger partial charge in [0.2, 0.25) is 5.91 Å². The minimum Gasteiger partial charge on any atom is -0.493 e. The van der Waals surface area contributed by atoms with Crippen molar-refractivity contribution in [2.24, 2.45) is 11.3 Å². The number of aliphatic carboxylic acids is 1. The Balaban J connectivity index is 1.78. The number of ether oxygens (including phenoxy) is 2. The SMILES string of the molecule is COc1ccc(CN2C[C@@H]3C(=O)NC[C@]3(C(=O)O)C2)cc1OC. The van der Waals surface area contributed by atoms with Gasteiger partial charge in [0.05, 0.1) is 20.1 Å². The molecule has 1 aromatic carbocycles. The van der Waals surface area contributed by atoms with Gasteiger partial charge in [-0.1, -0.05) is 6.07 Å². The Morgan fingerprint density at radius 1 is 1.39 bits per heavy atom. The normalized spacial score (nSPS) is 26.7. The Bertz CT molecular complexity index is 647. The molecule has 2 N–H and O–H groups in total. The molecule has 3 rings (SSSR count). The second-order valence-electron chi connectivity index (χ2n) is 6.09. The summed E-state index contributed by atoms with van der Waals surface area (Å²) in [6, 6.07) is 5.62. The van der Waals surface area contributed by atoms with E-state index in [0.29, 0.717) is 31.1 Å². The molecule has 0 aromatic heterocycles. The van der Waals surface area contributed by atoms with E-state index >= 15 is 0 Å². The molecule has 23 heavy (non-hydrogen) atoms. The van der Waals surface area contributed by atoms with Gasteiger partial charge in [-0.3, -0.25) is 14.5 Å². The molecule has 0 spiro atoms. The molecule has 2 saturated heterocycles. The fourth-order valence-corrected chi connectivity index (χ4v) is 3.54. The summed E-state index contributed by atoms with van der Waals surface area (Å²) in [5, 5.41) is 12.2. The highest BCUT2D eigenvalue weighted by atomic mass is 16.5. The number of amides is 1. The van der Waals surface area contributed by atoms with Gasteiger partial charge in [-0.2, -0.15) is 0 Å². The number of carbonyl (C=O) groups excluding carboxylic acids is 1. The van der Waals surface area contributed by atoms with Crippen molar-refractivity contribution in [1.82, 2.24) is 10.2 Å². The quantitative estimate of drug-likeness (QED) is 0.813. The number of carboxylic acid groups (broad SMARTS) is 1. The van der Waals surface area contributed by atoms with Crippen LogP contribution in [0.4, 0.5) is 0 Å². The lowest BCUT2D eigenvalue weighted by Crippen LogP contribution is -2.40. The fourth-order valence-electron chi connectivity index (χ4n) is 3.54. The van der Waals surface area contributed by atoms with Gasteiger partial charge < -0.3 is 19.9 Å². The molecule has 0 radical (unpaired) electrons. The first-order valence-electron chi connectivity index (χ1n) is 7.44. The highest BCUT2D eigenvalue weighted by Gasteiger charge is 2.59. The van der Waals surface area contributed by atoms with Crippen molar-refractivity contribution < 1.29 is 24.2 Å². The van der Waals surface area contributed by atoms with Gasteiger partial charge in [-0.05, 0) is 17.7 Å². The molecule has 7 heteroatoms. The second kappa shape index (κ2) is 5.73. The van der Waals surface area contributed by atoms with Gasteiger partial charge in [-0.25, -0.2) is 0 Å². The van der Waals surface area contributed by atoms with E-state index in [4.69, 9.17) is 9.47 Å². The zero-order valence-corrected chi connectivity index (χ0v) is 13.2. The van der Waals surface area contributed by atoms with Crippen LogP contribution in [-0.2, 0) is 16.1 Å². The summed E-state index contributed by atoms with van der Waals surface area (Å²) < 4.78 is 10.5. The van der Waals surface area contributed by atoms with Gasteiger partial charge in [0.25, 0.3) is 0 Å². The van der Waals surface area contributed by atoms with Crippen molar-refractivity contribution in [2.75, 3.05) is 33.9 Å². The number of methoxy groups -OCH3 is 2. The largest absolute Gasteiger partial charge is 0.493 e. The van der Waals surface area contributed by atoms with Crippen LogP contribution in [0.2, 0.25) is 0 Å². The lowest BCUT2D eigenvalue weighted by Gasteiger charge is -2.22. The number of hydrogen-bond acceptors (Lipinski definition) is 5. The first kappa shape index (κ1) is 15.6. The fraction of sp³-hybridized carbons (Fsp3) is 0.500. The molecular formula is C16H20N2O5. The maximum atomic E-state index is 11.9.